The van der Waals surface area contributed by atoms with Crippen molar-refractivity contribution in [2.45, 2.75) is 71.6 Å². The number of nitrogens with one attached hydrogen (secondary N) is 2. The molecule has 2 saturated heterocycles. The molecule has 0 bridgehead atoms. The first kappa shape index (κ1) is 37.3. The number of pyridine rings is 1. The van der Waals surface area contributed by atoms with Crippen molar-refractivity contribution in [3.63, 3.8) is 0 Å². The first-order valence-electron chi connectivity index (χ1n) is 16.2. The summed E-state index contributed by atoms with van der Waals surface area (Å²) in [5.74, 6) is -2.38. The first-order chi connectivity index (χ1) is 23.9. The molecular formula is C33H40F4N8O6. The number of alkyl halides is 3. The van der Waals surface area contributed by atoms with Crippen LogP contribution in [0.3, 0.4) is 0 Å². The fourth-order valence-electron chi connectivity index (χ4n) is 5.91. The number of halogens is 4. The van der Waals surface area contributed by atoms with Crippen LogP contribution in [0.15, 0.2) is 47.5 Å². The number of ether oxygens (including phenoxy) is 2. The van der Waals surface area contributed by atoms with Gasteiger partial charge in [-0.3, -0.25) is 19.3 Å². The Morgan fingerprint density at radius 1 is 1.08 bits per heavy atom. The SMILES string of the molecule is CC(C)(C)OC(=O)N1CC2(CN(CC(=O)Nc3ccn(CCC(F)Cn4cc(C(=O)NCc5cccc(OC(C)(F)F)c5)nn4)c(=O)c3F)C2)C1. The Hall–Kier alpha value is -5.00. The highest BCUT2D eigenvalue weighted by Gasteiger charge is 2.54. The van der Waals surface area contributed by atoms with E-state index in [1.165, 1.54) is 36.7 Å². The molecule has 3 aromatic rings. The molecule has 0 aliphatic carbocycles. The highest BCUT2D eigenvalue weighted by Crippen LogP contribution is 2.40. The van der Waals surface area contributed by atoms with Crippen LogP contribution in [0.1, 0.15) is 50.2 Å². The summed E-state index contributed by atoms with van der Waals surface area (Å²) in [4.78, 5) is 53.3. The van der Waals surface area contributed by atoms with Crippen molar-refractivity contribution < 1.29 is 41.4 Å². The van der Waals surface area contributed by atoms with Gasteiger partial charge in [-0.1, -0.05) is 17.3 Å². The lowest BCUT2D eigenvalue weighted by molar-refractivity contribution is -0.159. The summed E-state index contributed by atoms with van der Waals surface area (Å²) in [5, 5.41) is 12.5. The molecule has 2 aliphatic heterocycles. The molecular weight excluding hydrogens is 680 g/mol. The molecule has 1 atom stereocenters. The van der Waals surface area contributed by atoms with Crippen molar-refractivity contribution in [2.75, 3.05) is 38.0 Å². The van der Waals surface area contributed by atoms with Gasteiger partial charge >= 0.3 is 12.2 Å². The summed E-state index contributed by atoms with van der Waals surface area (Å²) in [7, 11) is 0. The summed E-state index contributed by atoms with van der Waals surface area (Å²) < 4.78 is 67.9. The number of carbonyl (C=O) groups excluding carboxylic acids is 3. The van der Waals surface area contributed by atoms with Gasteiger partial charge < -0.3 is 29.6 Å². The zero-order valence-corrected chi connectivity index (χ0v) is 28.6. The summed E-state index contributed by atoms with van der Waals surface area (Å²) in [6.07, 6.45) is -2.97. The van der Waals surface area contributed by atoms with E-state index < -0.39 is 41.1 Å². The number of aryl methyl sites for hydroxylation is 1. The Labute approximate surface area is 290 Å². The Bertz CT molecular complexity index is 1810. The monoisotopic (exact) mass is 720 g/mol. The second-order valence-corrected chi connectivity index (χ2v) is 14.0. The van der Waals surface area contributed by atoms with Gasteiger partial charge in [-0.15, -0.1) is 5.10 Å². The second kappa shape index (κ2) is 14.7. The Morgan fingerprint density at radius 3 is 2.49 bits per heavy atom. The summed E-state index contributed by atoms with van der Waals surface area (Å²) >= 11 is 0. The normalized spacial score (nSPS) is 16.2. The van der Waals surface area contributed by atoms with E-state index in [9.17, 15) is 36.7 Å². The fourth-order valence-corrected chi connectivity index (χ4v) is 5.91. The zero-order chi connectivity index (χ0) is 37.1. The number of anilines is 1. The van der Waals surface area contributed by atoms with E-state index in [0.29, 0.717) is 38.7 Å². The summed E-state index contributed by atoms with van der Waals surface area (Å²) in [6.45, 7) is 7.75. The molecule has 2 fully saturated rings. The number of carbonyl (C=O) groups is 3. The van der Waals surface area contributed by atoms with Crippen molar-refractivity contribution >= 4 is 23.6 Å². The number of hydrogen-bond acceptors (Lipinski definition) is 9. The molecule has 0 saturated carbocycles. The van der Waals surface area contributed by atoms with Crippen molar-refractivity contribution in [1.82, 2.24) is 34.7 Å². The minimum Gasteiger partial charge on any atom is -0.444 e. The van der Waals surface area contributed by atoms with E-state index in [2.05, 4.69) is 25.7 Å². The fraction of sp³-hybridized carbons (Fsp3) is 0.515. The van der Waals surface area contributed by atoms with E-state index >= 15 is 0 Å². The van der Waals surface area contributed by atoms with Gasteiger partial charge in [0.1, 0.15) is 17.5 Å². The van der Waals surface area contributed by atoms with Gasteiger partial charge in [-0.05, 0) is 51.0 Å². The molecule has 4 heterocycles. The predicted octanol–water partition coefficient (Wildman–Crippen LogP) is 3.42. The number of hydrogen-bond donors (Lipinski definition) is 2. The van der Waals surface area contributed by atoms with Crippen LogP contribution in [0.25, 0.3) is 0 Å². The van der Waals surface area contributed by atoms with Gasteiger partial charge in [-0.25, -0.2) is 13.9 Å². The molecule has 1 spiro atoms. The Balaban J connectivity index is 1.03. The van der Waals surface area contributed by atoms with Gasteiger partial charge in [0.15, 0.2) is 5.69 Å². The molecule has 2 aromatic heterocycles. The molecule has 2 N–H and O–H groups in total. The van der Waals surface area contributed by atoms with Crippen LogP contribution in [0, 0.1) is 11.2 Å². The topological polar surface area (TPSA) is 153 Å². The number of benzene rings is 1. The highest BCUT2D eigenvalue weighted by molar-refractivity contribution is 5.92. The first-order valence-corrected chi connectivity index (χ1v) is 16.2. The molecule has 14 nitrogen and oxygen atoms in total. The number of amides is 3. The lowest BCUT2D eigenvalue weighted by Gasteiger charge is -2.59. The second-order valence-electron chi connectivity index (χ2n) is 14.0. The van der Waals surface area contributed by atoms with Gasteiger partial charge in [0.25, 0.3) is 11.5 Å². The molecule has 2 aliphatic rings. The minimum absolute atomic E-state index is 0.0159. The van der Waals surface area contributed by atoms with Crippen molar-refractivity contribution in [1.29, 1.82) is 0 Å². The third kappa shape index (κ3) is 10.0. The van der Waals surface area contributed by atoms with Crippen LogP contribution in [-0.2, 0) is 29.2 Å². The number of aromatic nitrogens is 4. The van der Waals surface area contributed by atoms with Crippen LogP contribution in [-0.4, -0.2) is 97.9 Å². The average molecular weight is 721 g/mol. The molecule has 5 rings (SSSR count). The van der Waals surface area contributed by atoms with Gasteiger partial charge in [0, 0.05) is 57.8 Å². The van der Waals surface area contributed by atoms with E-state index in [1.54, 1.807) is 31.7 Å². The molecule has 1 aromatic carbocycles. The smallest absolute Gasteiger partial charge is 0.410 e. The maximum absolute atomic E-state index is 14.9. The van der Waals surface area contributed by atoms with Crippen LogP contribution < -0.4 is 20.9 Å². The maximum Gasteiger partial charge on any atom is 0.410 e. The minimum atomic E-state index is -3.36. The lowest BCUT2D eigenvalue weighted by atomic mass is 9.73. The quantitative estimate of drug-likeness (QED) is 0.253. The molecule has 51 heavy (non-hydrogen) atoms. The molecule has 18 heteroatoms. The van der Waals surface area contributed by atoms with E-state index in [4.69, 9.17) is 4.74 Å². The van der Waals surface area contributed by atoms with E-state index in [0.717, 1.165) is 9.25 Å². The van der Waals surface area contributed by atoms with Crippen LogP contribution >= 0.6 is 0 Å². The lowest BCUT2D eigenvalue weighted by Crippen LogP contribution is -2.73. The van der Waals surface area contributed by atoms with E-state index in [1.807, 2.05) is 4.90 Å². The molecule has 276 valence electrons. The Morgan fingerprint density at radius 2 is 1.80 bits per heavy atom. The third-order valence-electron chi connectivity index (χ3n) is 8.06. The summed E-state index contributed by atoms with van der Waals surface area (Å²) in [6, 6.07) is 7.04. The van der Waals surface area contributed by atoms with Crippen molar-refractivity contribution in [3.05, 3.63) is 70.2 Å². The third-order valence-corrected chi connectivity index (χ3v) is 8.06. The maximum atomic E-state index is 14.9. The largest absolute Gasteiger partial charge is 0.444 e. The van der Waals surface area contributed by atoms with Crippen LogP contribution in [0.4, 0.5) is 28.0 Å². The standard InChI is InChI=1S/C33H40F4N8O6/c1-31(2,3)51-30(49)44-19-33(20-44)17-42(18-33)16-26(46)39-24-9-11-43(29(48)27(24)35)10-8-22(34)14-45-15-25(40-41-45)28(47)38-13-21-6-5-7-23(12-21)50-32(4,36)37/h5-7,9,11-12,15,22H,8,10,13-14,16-20H2,1-4H3,(H,38,47)(H,39,46). The van der Waals surface area contributed by atoms with Crippen molar-refractivity contribution in [3.8, 4) is 5.75 Å². The molecule has 1 unspecified atom stereocenters. The van der Waals surface area contributed by atoms with E-state index in [-0.39, 0.29) is 61.2 Å². The number of nitrogens with zero attached hydrogens (tertiary/aromatic N) is 6. The predicted molar refractivity (Wildman–Crippen MR) is 174 cm³/mol. The molecule has 0 radical (unpaired) electrons. The van der Waals surface area contributed by atoms with Gasteiger partial charge in [0.2, 0.25) is 11.7 Å². The highest BCUT2D eigenvalue weighted by atomic mass is 19.3. The summed E-state index contributed by atoms with van der Waals surface area (Å²) in [5.41, 5.74) is -1.60. The van der Waals surface area contributed by atoms with Gasteiger partial charge in [0.05, 0.1) is 25.0 Å². The van der Waals surface area contributed by atoms with Crippen LogP contribution in [0.5, 0.6) is 5.75 Å². The van der Waals surface area contributed by atoms with Crippen LogP contribution in [0.2, 0.25) is 0 Å². The van der Waals surface area contributed by atoms with Gasteiger partial charge in [-0.2, -0.15) is 13.2 Å². The Kier molecular flexibility index (Phi) is 10.7. The number of likely N-dealkylation sites (tertiary alicyclic amines) is 2. The number of rotatable bonds is 13. The zero-order valence-electron chi connectivity index (χ0n) is 28.6. The van der Waals surface area contributed by atoms with Crippen molar-refractivity contribution in [2.24, 2.45) is 5.41 Å². The molecule has 3 amide bonds. The average Bonchev–Trinajstić information content (AvgIpc) is 3.45.